The van der Waals surface area contributed by atoms with Crippen molar-refractivity contribution in [2.75, 3.05) is 5.32 Å². The minimum Gasteiger partial charge on any atom is -0.774 e. The van der Waals surface area contributed by atoms with E-state index in [-0.39, 0.29) is 0 Å². The molecule has 3 aromatic carbocycles. The third kappa shape index (κ3) is 3.66. The Hall–Kier alpha value is -2.50. The maximum atomic E-state index is 12.8. The molecule has 0 saturated heterocycles. The van der Waals surface area contributed by atoms with Gasteiger partial charge in [0.2, 0.25) is 0 Å². The monoisotopic (exact) mass is 397 g/mol. The van der Waals surface area contributed by atoms with Gasteiger partial charge in [-0.1, -0.05) is 42.5 Å². The molecule has 2 N–H and O–H groups in total. The summed E-state index contributed by atoms with van der Waals surface area (Å²) in [6.45, 7) is 0. The van der Waals surface area contributed by atoms with Crippen LogP contribution in [0.5, 0.6) is 0 Å². The Bertz CT molecular complexity index is 1160. The van der Waals surface area contributed by atoms with E-state index < -0.39 is 29.0 Å². The van der Waals surface area contributed by atoms with E-state index in [2.05, 4.69) is 5.32 Å². The van der Waals surface area contributed by atoms with Crippen LogP contribution in [0.25, 0.3) is 21.5 Å². The first-order valence-electron chi connectivity index (χ1n) is 8.24. The van der Waals surface area contributed by atoms with Crippen molar-refractivity contribution in [1.82, 2.24) is 0 Å². The number of thiophene rings is 1. The molecule has 0 spiro atoms. The Morgan fingerprint density at radius 2 is 1.48 bits per heavy atom. The molecule has 0 saturated carbocycles. The van der Waals surface area contributed by atoms with Crippen LogP contribution in [0.15, 0.2) is 77.5 Å². The second-order valence-corrected chi connectivity index (χ2v) is 9.99. The van der Waals surface area contributed by atoms with Crippen molar-refractivity contribution < 1.29 is 19.1 Å². The van der Waals surface area contributed by atoms with Gasteiger partial charge in [0.25, 0.3) is 10.9 Å². The van der Waals surface area contributed by atoms with Gasteiger partial charge in [0.15, 0.2) is 7.60 Å². The summed E-state index contributed by atoms with van der Waals surface area (Å²) in [5, 5.41) is 9.74. The van der Waals surface area contributed by atoms with Crippen molar-refractivity contribution in [2.24, 2.45) is 0 Å². The normalized spacial score (nSPS) is 14.7. The Labute approximate surface area is 158 Å². The summed E-state index contributed by atoms with van der Waals surface area (Å²) in [7, 11) is -5.96. The standard InChI is InChI=1S/C20H16NO4PS/c22-19(21-18-10-9-14-5-1-2-6-15(14)11-18)20(26(23,24)25)27-12-16-7-3-4-8-17(16)13-27/h1-13,20H,(H2-,21,22,23,24,25). The number of amides is 1. The fraction of sp³-hybridized carbons (Fsp3) is 0.0500. The van der Waals surface area contributed by atoms with E-state index in [1.165, 1.54) is 0 Å². The molecule has 2 atom stereocenters. The molecule has 7 heteroatoms. The maximum absolute atomic E-state index is 12.8. The summed E-state index contributed by atoms with van der Waals surface area (Å²) in [6, 6.07) is 20.4. The zero-order valence-electron chi connectivity index (χ0n) is 14.1. The molecule has 0 bridgehead atoms. The van der Waals surface area contributed by atoms with Gasteiger partial charge in [0.1, 0.15) is 10.8 Å². The van der Waals surface area contributed by atoms with Gasteiger partial charge in [0.05, 0.1) is 0 Å². The number of carbonyl (C=O) groups is 1. The first-order valence-corrected chi connectivity index (χ1v) is 11.3. The first-order chi connectivity index (χ1) is 12.9. The van der Waals surface area contributed by atoms with Gasteiger partial charge < -0.3 is 19.7 Å². The minimum absolute atomic E-state index is 0.484. The fourth-order valence-corrected chi connectivity index (χ4v) is 6.68. The summed E-state index contributed by atoms with van der Waals surface area (Å²) < 4.78 is 12.0. The largest absolute Gasteiger partial charge is 0.774 e. The molecule has 0 aliphatic carbocycles. The van der Waals surface area contributed by atoms with Gasteiger partial charge in [-0.3, -0.25) is 4.79 Å². The van der Waals surface area contributed by atoms with Gasteiger partial charge in [-0.15, -0.1) is 0 Å². The van der Waals surface area contributed by atoms with Crippen molar-refractivity contribution in [2.45, 2.75) is 4.99 Å². The number of anilines is 1. The third-order valence-corrected chi connectivity index (χ3v) is 8.46. The minimum atomic E-state index is -4.91. The molecule has 5 nitrogen and oxygen atoms in total. The van der Waals surface area contributed by atoms with Gasteiger partial charge in [-0.2, -0.15) is 0 Å². The molecule has 4 rings (SSSR count). The predicted octanol–water partition coefficient (Wildman–Crippen LogP) is 4.43. The van der Waals surface area contributed by atoms with Crippen LogP contribution in [0.3, 0.4) is 0 Å². The molecule has 136 valence electrons. The second-order valence-electron chi connectivity index (χ2n) is 6.24. The van der Waals surface area contributed by atoms with Crippen LogP contribution >= 0.6 is 18.1 Å². The van der Waals surface area contributed by atoms with Crippen molar-refractivity contribution in [3.63, 3.8) is 0 Å². The molecule has 0 aliphatic heterocycles. The highest BCUT2D eigenvalue weighted by Crippen LogP contribution is 2.56. The highest BCUT2D eigenvalue weighted by molar-refractivity contribution is 7.62. The summed E-state index contributed by atoms with van der Waals surface area (Å²) in [5.74, 6) is -0.741. The second kappa shape index (κ2) is 6.91. The molecule has 27 heavy (non-hydrogen) atoms. The lowest BCUT2D eigenvalue weighted by Crippen LogP contribution is -2.22. The number of fused-ring (bicyclic) bond motifs is 2. The molecule has 1 heterocycles. The Morgan fingerprint density at radius 1 is 0.926 bits per heavy atom. The van der Waals surface area contributed by atoms with Crippen LogP contribution < -0.4 is 10.2 Å². The first kappa shape index (κ1) is 17.9. The zero-order valence-corrected chi connectivity index (χ0v) is 15.8. The van der Waals surface area contributed by atoms with Crippen LogP contribution in [0.4, 0.5) is 5.69 Å². The van der Waals surface area contributed by atoms with E-state index in [4.69, 9.17) is 0 Å². The summed E-state index contributed by atoms with van der Waals surface area (Å²) >= 11 is 0. The smallest absolute Gasteiger partial charge is 0.291 e. The van der Waals surface area contributed by atoms with E-state index in [0.717, 1.165) is 21.5 Å². The highest BCUT2D eigenvalue weighted by Gasteiger charge is 2.39. The quantitative estimate of drug-likeness (QED) is 0.394. The van der Waals surface area contributed by atoms with Crippen LogP contribution in [-0.2, 0) is 9.36 Å². The average molecular weight is 397 g/mol. The maximum Gasteiger partial charge on any atom is 0.291 e. The molecule has 0 fully saturated rings. The number of rotatable bonds is 4. The Kier molecular flexibility index (Phi) is 4.58. The number of hydrogen-bond donors (Lipinski definition) is 2. The molecular formula is C20H16NO4PS. The number of nitrogens with one attached hydrogen (secondary N) is 1. The summed E-state index contributed by atoms with van der Waals surface area (Å²) in [5.41, 5.74) is 0.484. The van der Waals surface area contributed by atoms with Crippen molar-refractivity contribution >= 4 is 51.2 Å². The topological polar surface area (TPSA) is 89.5 Å². The Morgan fingerprint density at radius 3 is 2.07 bits per heavy atom. The summed E-state index contributed by atoms with van der Waals surface area (Å²) in [4.78, 5) is 32.9. The van der Waals surface area contributed by atoms with Gasteiger partial charge >= 0.3 is 0 Å². The van der Waals surface area contributed by atoms with Crippen LogP contribution in [0.1, 0.15) is 4.99 Å². The van der Waals surface area contributed by atoms with E-state index in [1.807, 2.05) is 54.6 Å². The lowest BCUT2D eigenvalue weighted by molar-refractivity contribution is -0.195. The predicted molar refractivity (Wildman–Crippen MR) is 108 cm³/mol. The lowest BCUT2D eigenvalue weighted by atomic mass is 10.1. The highest BCUT2D eigenvalue weighted by atomic mass is 32.2. The molecule has 0 radical (unpaired) electrons. The van der Waals surface area contributed by atoms with E-state index in [9.17, 15) is 19.1 Å². The lowest BCUT2D eigenvalue weighted by Gasteiger charge is -2.20. The molecule has 1 aromatic heterocycles. The van der Waals surface area contributed by atoms with Gasteiger partial charge in [-0.05, 0) is 45.5 Å². The molecule has 4 aromatic rings. The molecular weight excluding hydrogens is 381 g/mol. The SMILES string of the molecule is O=C(Nc1ccc2ccccc2c1)C([s+]1cc2ccccc2c1)P(=O)([O-])O. The number of benzene rings is 3. The van der Waals surface area contributed by atoms with Crippen molar-refractivity contribution in [3.05, 3.63) is 77.5 Å². The number of hydrogen-bond acceptors (Lipinski definition) is 3. The van der Waals surface area contributed by atoms with Crippen LogP contribution in [0.2, 0.25) is 0 Å². The van der Waals surface area contributed by atoms with Gasteiger partial charge in [0, 0.05) is 16.5 Å². The van der Waals surface area contributed by atoms with E-state index in [1.54, 1.807) is 22.9 Å². The molecule has 2 unspecified atom stereocenters. The number of carbonyl (C=O) groups excluding carboxylic acids is 1. The zero-order chi connectivity index (χ0) is 19.0. The average Bonchev–Trinajstić information content (AvgIpc) is 3.03. The fourth-order valence-electron chi connectivity index (χ4n) is 3.08. The van der Waals surface area contributed by atoms with Crippen molar-refractivity contribution in [1.29, 1.82) is 0 Å². The van der Waals surface area contributed by atoms with Crippen LogP contribution in [-0.4, -0.2) is 10.8 Å². The van der Waals surface area contributed by atoms with Gasteiger partial charge in [-0.25, -0.2) is 0 Å². The van der Waals surface area contributed by atoms with E-state index in [0.29, 0.717) is 5.69 Å². The molecule has 1 amide bonds. The van der Waals surface area contributed by atoms with Crippen molar-refractivity contribution in [3.8, 4) is 0 Å². The Balaban J connectivity index is 1.69. The molecule has 0 aliphatic rings. The third-order valence-electron chi connectivity index (χ3n) is 4.32. The van der Waals surface area contributed by atoms with E-state index >= 15 is 0 Å². The summed E-state index contributed by atoms with van der Waals surface area (Å²) in [6.07, 6.45) is 0. The van der Waals surface area contributed by atoms with Crippen LogP contribution in [0, 0.1) is 0 Å².